The first-order chi connectivity index (χ1) is 6.57. The van der Waals surface area contributed by atoms with Gasteiger partial charge in [0.1, 0.15) is 0 Å². The fourth-order valence-corrected chi connectivity index (χ4v) is 1.88. The molecule has 1 aliphatic heterocycles. The lowest BCUT2D eigenvalue weighted by atomic mass is 9.86. The predicted molar refractivity (Wildman–Crippen MR) is 57.3 cm³/mol. The summed E-state index contributed by atoms with van der Waals surface area (Å²) in [5, 5.41) is 13.5. The summed E-state index contributed by atoms with van der Waals surface area (Å²) < 4.78 is 5.63. The molecule has 3 nitrogen and oxygen atoms in total. The zero-order valence-corrected chi connectivity index (χ0v) is 9.55. The summed E-state index contributed by atoms with van der Waals surface area (Å²) in [7, 11) is 0. The van der Waals surface area contributed by atoms with E-state index >= 15 is 0 Å². The third-order valence-corrected chi connectivity index (χ3v) is 2.93. The zero-order valence-electron chi connectivity index (χ0n) is 9.55. The van der Waals surface area contributed by atoms with E-state index in [1.807, 2.05) is 0 Å². The third-order valence-electron chi connectivity index (χ3n) is 2.93. The van der Waals surface area contributed by atoms with E-state index in [4.69, 9.17) is 4.74 Å². The number of hydrogen-bond acceptors (Lipinski definition) is 3. The van der Waals surface area contributed by atoms with Crippen LogP contribution in [0.25, 0.3) is 0 Å². The molecule has 0 bridgehead atoms. The van der Waals surface area contributed by atoms with Gasteiger partial charge in [0, 0.05) is 26.0 Å². The minimum atomic E-state index is -0.552. The van der Waals surface area contributed by atoms with Crippen molar-refractivity contribution in [3.8, 4) is 0 Å². The predicted octanol–water partition coefficient (Wildman–Crippen LogP) is 1.16. The fraction of sp³-hybridized carbons (Fsp3) is 1.00. The molecule has 0 aromatic heterocycles. The molecular formula is C11H23NO2. The number of ether oxygens (including phenoxy) is 1. The molecule has 3 heteroatoms. The second-order valence-corrected chi connectivity index (χ2v) is 4.61. The van der Waals surface area contributed by atoms with Gasteiger partial charge in [-0.2, -0.15) is 0 Å². The molecular weight excluding hydrogens is 178 g/mol. The van der Waals surface area contributed by atoms with Gasteiger partial charge in [0.15, 0.2) is 0 Å². The Morgan fingerprint density at radius 1 is 1.57 bits per heavy atom. The highest BCUT2D eigenvalue weighted by Gasteiger charge is 2.35. The molecule has 84 valence electrons. The van der Waals surface area contributed by atoms with E-state index in [2.05, 4.69) is 26.1 Å². The Morgan fingerprint density at radius 3 is 2.86 bits per heavy atom. The number of aliphatic hydroxyl groups is 1. The Bertz CT molecular complexity index is 173. The van der Waals surface area contributed by atoms with E-state index in [0.29, 0.717) is 19.1 Å². The first-order valence-electron chi connectivity index (χ1n) is 5.62. The summed E-state index contributed by atoms with van der Waals surface area (Å²) >= 11 is 0. The van der Waals surface area contributed by atoms with Crippen molar-refractivity contribution in [1.82, 2.24) is 5.32 Å². The number of hydrogen-bond donors (Lipinski definition) is 2. The molecule has 0 aromatic rings. The molecule has 1 heterocycles. The van der Waals surface area contributed by atoms with E-state index < -0.39 is 5.60 Å². The summed E-state index contributed by atoms with van der Waals surface area (Å²) in [6.07, 6.45) is 1.73. The van der Waals surface area contributed by atoms with Gasteiger partial charge in [-0.15, -0.1) is 0 Å². The van der Waals surface area contributed by atoms with Crippen LogP contribution in [0, 0.1) is 5.92 Å². The zero-order chi connectivity index (χ0) is 10.6. The monoisotopic (exact) mass is 201 g/mol. The molecule has 1 saturated heterocycles. The van der Waals surface area contributed by atoms with Crippen LogP contribution in [0.3, 0.4) is 0 Å². The molecule has 14 heavy (non-hydrogen) atoms. The minimum Gasteiger partial charge on any atom is -0.388 e. The number of rotatable bonds is 4. The fourth-order valence-electron chi connectivity index (χ4n) is 1.88. The maximum absolute atomic E-state index is 10.3. The Kier molecular flexibility index (Phi) is 4.35. The van der Waals surface area contributed by atoms with Crippen molar-refractivity contribution < 1.29 is 9.84 Å². The maximum Gasteiger partial charge on any atom is 0.0818 e. The molecule has 0 radical (unpaired) electrons. The third kappa shape index (κ3) is 3.23. The van der Waals surface area contributed by atoms with Crippen molar-refractivity contribution >= 4 is 0 Å². The van der Waals surface area contributed by atoms with Gasteiger partial charge >= 0.3 is 0 Å². The van der Waals surface area contributed by atoms with Gasteiger partial charge in [-0.25, -0.2) is 0 Å². The van der Waals surface area contributed by atoms with Gasteiger partial charge in [0.2, 0.25) is 0 Å². The van der Waals surface area contributed by atoms with E-state index in [0.717, 1.165) is 19.4 Å². The number of likely N-dealkylation sites (N-methyl/N-ethyl adjacent to an activating group) is 1. The van der Waals surface area contributed by atoms with Crippen LogP contribution in [0.15, 0.2) is 0 Å². The van der Waals surface area contributed by atoms with Crippen molar-refractivity contribution in [3.63, 3.8) is 0 Å². The Morgan fingerprint density at radius 2 is 2.29 bits per heavy atom. The van der Waals surface area contributed by atoms with Crippen LogP contribution in [0.2, 0.25) is 0 Å². The van der Waals surface area contributed by atoms with Crippen molar-refractivity contribution in [2.45, 2.75) is 45.3 Å². The van der Waals surface area contributed by atoms with Crippen LogP contribution in [-0.4, -0.2) is 36.5 Å². The number of nitrogens with one attached hydrogen (secondary N) is 1. The Hall–Kier alpha value is -0.120. The summed E-state index contributed by atoms with van der Waals surface area (Å²) in [5.74, 6) is 0.489. The van der Waals surface area contributed by atoms with Crippen LogP contribution in [0.1, 0.15) is 33.6 Å². The van der Waals surface area contributed by atoms with Gasteiger partial charge < -0.3 is 15.2 Å². The van der Waals surface area contributed by atoms with Gasteiger partial charge in [-0.3, -0.25) is 0 Å². The van der Waals surface area contributed by atoms with E-state index in [9.17, 15) is 5.11 Å². The van der Waals surface area contributed by atoms with Crippen LogP contribution in [-0.2, 0) is 4.74 Å². The van der Waals surface area contributed by atoms with E-state index in [1.54, 1.807) is 0 Å². The molecule has 2 unspecified atom stereocenters. The quantitative estimate of drug-likeness (QED) is 0.717. The molecule has 0 aliphatic carbocycles. The van der Waals surface area contributed by atoms with E-state index in [-0.39, 0.29) is 6.10 Å². The highest BCUT2D eigenvalue weighted by Crippen LogP contribution is 2.27. The Balaban J connectivity index is 2.44. The molecule has 1 rings (SSSR count). The first-order valence-corrected chi connectivity index (χ1v) is 5.62. The SMILES string of the molecule is CCNCC1(O)CCOC(C(C)C)C1. The molecule has 2 N–H and O–H groups in total. The minimum absolute atomic E-state index is 0.215. The largest absolute Gasteiger partial charge is 0.388 e. The second kappa shape index (κ2) is 5.10. The molecule has 0 aromatic carbocycles. The summed E-state index contributed by atoms with van der Waals surface area (Å²) in [4.78, 5) is 0. The second-order valence-electron chi connectivity index (χ2n) is 4.61. The van der Waals surface area contributed by atoms with Crippen molar-refractivity contribution in [3.05, 3.63) is 0 Å². The molecule has 2 atom stereocenters. The standard InChI is InChI=1S/C11H23NO2/c1-4-12-8-11(13)5-6-14-10(7-11)9(2)3/h9-10,12-13H,4-8H2,1-3H3. The lowest BCUT2D eigenvalue weighted by Gasteiger charge is -2.38. The van der Waals surface area contributed by atoms with Crippen molar-refractivity contribution in [2.24, 2.45) is 5.92 Å². The lowest BCUT2D eigenvalue weighted by molar-refractivity contribution is -0.115. The lowest BCUT2D eigenvalue weighted by Crippen LogP contribution is -2.49. The smallest absolute Gasteiger partial charge is 0.0818 e. The summed E-state index contributed by atoms with van der Waals surface area (Å²) in [6, 6.07) is 0. The normalized spacial score (nSPS) is 33.6. The van der Waals surface area contributed by atoms with E-state index in [1.165, 1.54) is 0 Å². The summed E-state index contributed by atoms with van der Waals surface area (Å²) in [6.45, 7) is 8.63. The van der Waals surface area contributed by atoms with Crippen molar-refractivity contribution in [2.75, 3.05) is 19.7 Å². The van der Waals surface area contributed by atoms with Gasteiger partial charge in [-0.1, -0.05) is 20.8 Å². The molecule has 1 aliphatic rings. The summed E-state index contributed by atoms with van der Waals surface area (Å²) in [5.41, 5.74) is -0.552. The maximum atomic E-state index is 10.3. The Labute approximate surface area is 86.8 Å². The highest BCUT2D eigenvalue weighted by molar-refractivity contribution is 4.88. The van der Waals surface area contributed by atoms with Gasteiger partial charge in [0.25, 0.3) is 0 Å². The molecule has 1 fully saturated rings. The average molecular weight is 201 g/mol. The van der Waals surface area contributed by atoms with Gasteiger partial charge in [0.05, 0.1) is 11.7 Å². The highest BCUT2D eigenvalue weighted by atomic mass is 16.5. The van der Waals surface area contributed by atoms with Crippen LogP contribution < -0.4 is 5.32 Å². The molecule has 0 amide bonds. The van der Waals surface area contributed by atoms with Crippen LogP contribution in [0.4, 0.5) is 0 Å². The molecule has 0 spiro atoms. The first kappa shape index (κ1) is 12.0. The topological polar surface area (TPSA) is 41.5 Å². The average Bonchev–Trinajstić information content (AvgIpc) is 2.15. The van der Waals surface area contributed by atoms with Crippen LogP contribution in [0.5, 0.6) is 0 Å². The van der Waals surface area contributed by atoms with Crippen molar-refractivity contribution in [1.29, 1.82) is 0 Å². The van der Waals surface area contributed by atoms with Gasteiger partial charge in [-0.05, 0) is 12.5 Å². The van der Waals surface area contributed by atoms with Crippen LogP contribution >= 0.6 is 0 Å². The molecule has 0 saturated carbocycles.